The third-order valence-corrected chi connectivity index (χ3v) is 5.14. The van der Waals surface area contributed by atoms with Crippen LogP contribution in [0.3, 0.4) is 0 Å². The van der Waals surface area contributed by atoms with E-state index >= 15 is 0 Å². The Kier molecular flexibility index (Phi) is 6.12. The number of hydrogen-bond donors (Lipinski definition) is 1. The van der Waals surface area contributed by atoms with Gasteiger partial charge in [-0.15, -0.1) is 0 Å². The number of aryl methyl sites for hydroxylation is 1. The van der Waals surface area contributed by atoms with Crippen LogP contribution in [0, 0.1) is 0 Å². The minimum absolute atomic E-state index is 0.150. The van der Waals surface area contributed by atoms with Crippen LogP contribution in [0.5, 0.6) is 5.75 Å². The molecule has 5 heteroatoms. The molecule has 27 heavy (non-hydrogen) atoms. The van der Waals surface area contributed by atoms with Gasteiger partial charge in [0, 0.05) is 25.4 Å². The summed E-state index contributed by atoms with van der Waals surface area (Å²) in [7, 11) is 1.64. The molecule has 0 bridgehead atoms. The van der Waals surface area contributed by atoms with Crippen molar-refractivity contribution in [3.8, 4) is 5.75 Å². The van der Waals surface area contributed by atoms with Crippen molar-refractivity contribution in [1.82, 2.24) is 4.90 Å². The van der Waals surface area contributed by atoms with E-state index < -0.39 is 5.97 Å². The van der Waals surface area contributed by atoms with E-state index in [1.165, 1.54) is 0 Å². The normalized spacial score (nSPS) is 16.8. The van der Waals surface area contributed by atoms with E-state index in [1.807, 2.05) is 35.2 Å². The molecule has 0 aliphatic carbocycles. The molecule has 1 aliphatic heterocycles. The molecular formula is C22H25NO4. The van der Waals surface area contributed by atoms with Crippen LogP contribution in [0.1, 0.15) is 46.7 Å². The van der Waals surface area contributed by atoms with Crippen LogP contribution in [0.4, 0.5) is 0 Å². The van der Waals surface area contributed by atoms with E-state index in [0.717, 1.165) is 36.3 Å². The quantitative estimate of drug-likeness (QED) is 0.845. The highest BCUT2D eigenvalue weighted by atomic mass is 16.5. The Morgan fingerprint density at radius 2 is 2.00 bits per heavy atom. The van der Waals surface area contributed by atoms with Crippen LogP contribution in [0.15, 0.2) is 48.5 Å². The monoisotopic (exact) mass is 367 g/mol. The standard InChI is InChI=1S/C22H25NO4/c1-27-20-9-2-5-16(13-20)10-11-21(24)23-12-4-8-19(15-23)17-6-3-7-18(14-17)22(25)26/h2-3,5-7,9,13-14,19H,4,8,10-12,15H2,1H3,(H,25,26). The molecular weight excluding hydrogens is 342 g/mol. The summed E-state index contributed by atoms with van der Waals surface area (Å²) >= 11 is 0. The maximum absolute atomic E-state index is 12.7. The molecule has 2 aromatic carbocycles. The van der Waals surface area contributed by atoms with Gasteiger partial charge in [0.2, 0.25) is 5.91 Å². The van der Waals surface area contributed by atoms with Crippen molar-refractivity contribution >= 4 is 11.9 Å². The predicted molar refractivity (Wildman–Crippen MR) is 103 cm³/mol. The number of rotatable bonds is 6. The number of carboxylic acids is 1. The lowest BCUT2D eigenvalue weighted by atomic mass is 9.89. The summed E-state index contributed by atoms with van der Waals surface area (Å²) in [6.45, 7) is 1.42. The lowest BCUT2D eigenvalue weighted by molar-refractivity contribution is -0.132. The fraction of sp³-hybridized carbons (Fsp3) is 0.364. The molecule has 5 nitrogen and oxygen atoms in total. The Balaban J connectivity index is 1.61. The van der Waals surface area contributed by atoms with Gasteiger partial charge in [-0.3, -0.25) is 4.79 Å². The largest absolute Gasteiger partial charge is 0.497 e. The van der Waals surface area contributed by atoms with Gasteiger partial charge in [-0.05, 0) is 54.7 Å². The molecule has 2 aromatic rings. The van der Waals surface area contributed by atoms with E-state index in [-0.39, 0.29) is 11.8 Å². The summed E-state index contributed by atoms with van der Waals surface area (Å²) in [6, 6.07) is 14.9. The zero-order valence-electron chi connectivity index (χ0n) is 15.6. The summed E-state index contributed by atoms with van der Waals surface area (Å²) in [6.07, 6.45) is 3.07. The summed E-state index contributed by atoms with van der Waals surface area (Å²) in [4.78, 5) is 25.8. The first-order valence-electron chi connectivity index (χ1n) is 9.31. The first kappa shape index (κ1) is 19.0. The van der Waals surface area contributed by atoms with Crippen LogP contribution < -0.4 is 4.74 Å². The Labute approximate surface area is 159 Å². The Morgan fingerprint density at radius 1 is 1.19 bits per heavy atom. The second-order valence-corrected chi connectivity index (χ2v) is 6.96. The average Bonchev–Trinajstić information content (AvgIpc) is 2.72. The van der Waals surface area contributed by atoms with Crippen LogP contribution in [0.25, 0.3) is 0 Å². The fourth-order valence-electron chi connectivity index (χ4n) is 3.64. The molecule has 0 aromatic heterocycles. The number of piperidine rings is 1. The topological polar surface area (TPSA) is 66.8 Å². The van der Waals surface area contributed by atoms with Gasteiger partial charge >= 0.3 is 5.97 Å². The first-order chi connectivity index (χ1) is 13.1. The van der Waals surface area contributed by atoms with Crippen molar-refractivity contribution in [3.05, 3.63) is 65.2 Å². The summed E-state index contributed by atoms with van der Waals surface area (Å²) in [5.41, 5.74) is 2.39. The van der Waals surface area contributed by atoms with Gasteiger partial charge in [-0.2, -0.15) is 0 Å². The molecule has 1 fully saturated rings. The number of nitrogens with zero attached hydrogens (tertiary/aromatic N) is 1. The molecule has 1 atom stereocenters. The lowest BCUT2D eigenvalue weighted by Gasteiger charge is -2.33. The second-order valence-electron chi connectivity index (χ2n) is 6.96. The van der Waals surface area contributed by atoms with E-state index in [2.05, 4.69) is 0 Å². The molecule has 142 valence electrons. The van der Waals surface area contributed by atoms with Crippen LogP contribution in [-0.2, 0) is 11.2 Å². The smallest absolute Gasteiger partial charge is 0.335 e. The molecule has 3 rings (SSSR count). The van der Waals surface area contributed by atoms with Gasteiger partial charge in [0.25, 0.3) is 0 Å². The third-order valence-electron chi connectivity index (χ3n) is 5.14. The number of ether oxygens (including phenoxy) is 1. The first-order valence-corrected chi connectivity index (χ1v) is 9.31. The molecule has 1 N–H and O–H groups in total. The summed E-state index contributed by atoms with van der Waals surface area (Å²) in [5.74, 6) is 0.228. The average molecular weight is 367 g/mol. The third kappa shape index (κ3) is 4.88. The number of carbonyl (C=O) groups excluding carboxylic acids is 1. The Hall–Kier alpha value is -2.82. The zero-order chi connectivity index (χ0) is 19.2. The van der Waals surface area contributed by atoms with E-state index in [1.54, 1.807) is 25.3 Å². The SMILES string of the molecule is COc1cccc(CCC(=O)N2CCCC(c3cccc(C(=O)O)c3)C2)c1. The second kappa shape index (κ2) is 8.71. The minimum Gasteiger partial charge on any atom is -0.497 e. The van der Waals surface area contributed by atoms with E-state index in [9.17, 15) is 14.7 Å². The number of amides is 1. The van der Waals surface area contributed by atoms with Crippen LogP contribution in [-0.4, -0.2) is 42.1 Å². The minimum atomic E-state index is -0.918. The lowest BCUT2D eigenvalue weighted by Crippen LogP contribution is -2.39. The highest BCUT2D eigenvalue weighted by Crippen LogP contribution is 2.28. The van der Waals surface area contributed by atoms with Gasteiger partial charge in [0.05, 0.1) is 12.7 Å². The van der Waals surface area contributed by atoms with Gasteiger partial charge in [0.1, 0.15) is 5.75 Å². The van der Waals surface area contributed by atoms with Gasteiger partial charge in [0.15, 0.2) is 0 Å². The van der Waals surface area contributed by atoms with Crippen molar-refractivity contribution in [2.45, 2.75) is 31.6 Å². The number of benzene rings is 2. The predicted octanol–water partition coefficient (Wildman–Crippen LogP) is 3.73. The van der Waals surface area contributed by atoms with Crippen LogP contribution >= 0.6 is 0 Å². The van der Waals surface area contributed by atoms with Crippen molar-refractivity contribution in [1.29, 1.82) is 0 Å². The Bertz CT molecular complexity index is 817. The summed E-state index contributed by atoms with van der Waals surface area (Å²) < 4.78 is 5.23. The molecule has 1 heterocycles. The number of carbonyl (C=O) groups is 2. The zero-order valence-corrected chi connectivity index (χ0v) is 15.6. The van der Waals surface area contributed by atoms with E-state index in [4.69, 9.17) is 4.74 Å². The molecule has 1 unspecified atom stereocenters. The van der Waals surface area contributed by atoms with E-state index in [0.29, 0.717) is 24.9 Å². The number of carboxylic acid groups (broad SMARTS) is 1. The highest BCUT2D eigenvalue weighted by molar-refractivity contribution is 5.87. The maximum Gasteiger partial charge on any atom is 0.335 e. The Morgan fingerprint density at radius 3 is 2.78 bits per heavy atom. The van der Waals surface area contributed by atoms with Crippen molar-refractivity contribution in [2.24, 2.45) is 0 Å². The van der Waals surface area contributed by atoms with Crippen molar-refractivity contribution < 1.29 is 19.4 Å². The summed E-state index contributed by atoms with van der Waals surface area (Å²) in [5, 5.41) is 9.19. The molecule has 1 saturated heterocycles. The number of hydrogen-bond acceptors (Lipinski definition) is 3. The highest BCUT2D eigenvalue weighted by Gasteiger charge is 2.25. The van der Waals surface area contributed by atoms with Crippen molar-refractivity contribution in [2.75, 3.05) is 20.2 Å². The van der Waals surface area contributed by atoms with Gasteiger partial charge < -0.3 is 14.7 Å². The van der Waals surface area contributed by atoms with Crippen LogP contribution in [0.2, 0.25) is 0 Å². The fourth-order valence-corrected chi connectivity index (χ4v) is 3.64. The van der Waals surface area contributed by atoms with Crippen molar-refractivity contribution in [3.63, 3.8) is 0 Å². The number of likely N-dealkylation sites (tertiary alicyclic amines) is 1. The molecule has 0 saturated carbocycles. The number of methoxy groups -OCH3 is 1. The molecule has 0 radical (unpaired) electrons. The molecule has 1 amide bonds. The maximum atomic E-state index is 12.7. The molecule has 1 aliphatic rings. The number of aromatic carboxylic acids is 1. The molecule has 0 spiro atoms. The van der Waals surface area contributed by atoms with Gasteiger partial charge in [-0.1, -0.05) is 24.3 Å². The van der Waals surface area contributed by atoms with Gasteiger partial charge in [-0.25, -0.2) is 4.79 Å².